The molecule has 0 aromatic heterocycles. The minimum atomic E-state index is 0.361. The third-order valence-electron chi connectivity index (χ3n) is 6.34. The molecule has 3 heteroatoms. The second-order valence-corrected chi connectivity index (χ2v) is 8.67. The summed E-state index contributed by atoms with van der Waals surface area (Å²) in [5, 5.41) is 0.477. The van der Waals surface area contributed by atoms with E-state index in [0.717, 1.165) is 18.3 Å². The molecular formula is C18H34BNO. The van der Waals surface area contributed by atoms with E-state index in [4.69, 9.17) is 0 Å². The fourth-order valence-electron chi connectivity index (χ4n) is 4.90. The van der Waals surface area contributed by atoms with Crippen LogP contribution in [-0.4, -0.2) is 30.7 Å². The molecule has 0 spiro atoms. The standard InChI is InChI=1S/C18H34BNO/c1-12(2)18(19)8-6-7-16-15(9-14(5)11-18)10-17(21)20(16)13(3)4/h12-16H,6-11,19H2,1-5H3. The molecule has 2 aliphatic rings. The van der Waals surface area contributed by atoms with Gasteiger partial charge >= 0.3 is 0 Å². The summed E-state index contributed by atoms with van der Waals surface area (Å²) in [6.07, 6.45) is 7.16. The van der Waals surface area contributed by atoms with Gasteiger partial charge in [0, 0.05) is 18.5 Å². The average Bonchev–Trinajstić information content (AvgIpc) is 2.66. The van der Waals surface area contributed by atoms with E-state index in [1.165, 1.54) is 32.1 Å². The third-order valence-corrected chi connectivity index (χ3v) is 6.34. The van der Waals surface area contributed by atoms with Crippen LogP contribution in [0.25, 0.3) is 0 Å². The maximum absolute atomic E-state index is 12.4. The van der Waals surface area contributed by atoms with Crippen LogP contribution < -0.4 is 0 Å². The number of carbonyl (C=O) groups excluding carboxylic acids is 1. The molecule has 4 unspecified atom stereocenters. The van der Waals surface area contributed by atoms with Gasteiger partial charge in [0.15, 0.2) is 0 Å². The molecule has 0 radical (unpaired) electrons. The summed E-state index contributed by atoms with van der Waals surface area (Å²) in [4.78, 5) is 14.6. The maximum atomic E-state index is 12.4. The van der Waals surface area contributed by atoms with Crippen LogP contribution in [0.15, 0.2) is 0 Å². The van der Waals surface area contributed by atoms with Gasteiger partial charge in [0.2, 0.25) is 5.91 Å². The fourth-order valence-corrected chi connectivity index (χ4v) is 4.90. The van der Waals surface area contributed by atoms with Crippen LogP contribution in [0.1, 0.15) is 73.1 Å². The Bertz CT molecular complexity index is 381. The van der Waals surface area contributed by atoms with Crippen molar-refractivity contribution in [2.45, 2.75) is 90.5 Å². The van der Waals surface area contributed by atoms with Crippen molar-refractivity contribution in [1.29, 1.82) is 0 Å². The van der Waals surface area contributed by atoms with E-state index >= 15 is 0 Å². The predicted octanol–water partition coefficient (Wildman–Crippen LogP) is 3.66. The predicted molar refractivity (Wildman–Crippen MR) is 92.2 cm³/mol. The van der Waals surface area contributed by atoms with Gasteiger partial charge in [-0.25, -0.2) is 0 Å². The molecule has 0 aromatic rings. The Balaban J connectivity index is 2.17. The SMILES string of the molecule is BC1(C(C)C)CCCC2C(CC(=O)N2C(C)C)CC(C)C1. The number of rotatable bonds is 2. The Hall–Kier alpha value is -0.465. The lowest BCUT2D eigenvalue weighted by Crippen LogP contribution is -2.40. The maximum Gasteiger partial charge on any atom is 0.223 e. The first kappa shape index (κ1) is 16.9. The average molecular weight is 291 g/mol. The first-order valence-corrected chi connectivity index (χ1v) is 9.05. The second kappa shape index (κ2) is 6.34. The van der Waals surface area contributed by atoms with Crippen LogP contribution in [0.2, 0.25) is 5.31 Å². The molecule has 1 heterocycles. The molecule has 1 saturated heterocycles. The summed E-state index contributed by atoms with van der Waals surface area (Å²) in [7, 11) is 2.49. The lowest BCUT2D eigenvalue weighted by molar-refractivity contribution is -0.130. The number of likely N-dealkylation sites (tertiary alicyclic amines) is 1. The highest BCUT2D eigenvalue weighted by molar-refractivity contribution is 6.15. The molecule has 0 aromatic carbocycles. The summed E-state index contributed by atoms with van der Waals surface area (Å²) in [5.41, 5.74) is 0. The highest BCUT2D eigenvalue weighted by Crippen LogP contribution is 2.48. The Morgan fingerprint density at radius 1 is 1.29 bits per heavy atom. The first-order valence-electron chi connectivity index (χ1n) is 9.05. The monoisotopic (exact) mass is 291 g/mol. The number of carbonyl (C=O) groups is 1. The molecule has 21 heavy (non-hydrogen) atoms. The van der Waals surface area contributed by atoms with Crippen molar-refractivity contribution in [1.82, 2.24) is 4.90 Å². The van der Waals surface area contributed by atoms with Crippen LogP contribution >= 0.6 is 0 Å². The van der Waals surface area contributed by atoms with Crippen LogP contribution in [0.5, 0.6) is 0 Å². The fraction of sp³-hybridized carbons (Fsp3) is 0.944. The molecule has 2 nitrogen and oxygen atoms in total. The molecule has 1 aliphatic carbocycles. The molecular weight excluding hydrogens is 257 g/mol. The van der Waals surface area contributed by atoms with Crippen LogP contribution in [0.3, 0.4) is 0 Å². The van der Waals surface area contributed by atoms with E-state index in [2.05, 4.69) is 47.4 Å². The van der Waals surface area contributed by atoms with Crippen molar-refractivity contribution in [3.8, 4) is 0 Å². The van der Waals surface area contributed by atoms with Crippen molar-refractivity contribution < 1.29 is 4.79 Å². The first-order chi connectivity index (χ1) is 9.74. The zero-order valence-electron chi connectivity index (χ0n) is 15.0. The minimum Gasteiger partial charge on any atom is -0.337 e. The van der Waals surface area contributed by atoms with Crippen LogP contribution in [0, 0.1) is 17.8 Å². The number of hydrogen-bond acceptors (Lipinski definition) is 1. The largest absolute Gasteiger partial charge is 0.337 e. The summed E-state index contributed by atoms with van der Waals surface area (Å²) >= 11 is 0. The number of nitrogens with zero attached hydrogens (tertiary/aromatic N) is 1. The van der Waals surface area contributed by atoms with Crippen molar-refractivity contribution in [2.24, 2.45) is 17.8 Å². The zero-order valence-corrected chi connectivity index (χ0v) is 15.0. The Morgan fingerprint density at radius 3 is 2.52 bits per heavy atom. The smallest absolute Gasteiger partial charge is 0.223 e. The van der Waals surface area contributed by atoms with E-state index in [9.17, 15) is 4.79 Å². The normalized spacial score (nSPS) is 38.3. The van der Waals surface area contributed by atoms with Gasteiger partial charge in [0.25, 0.3) is 0 Å². The van der Waals surface area contributed by atoms with Gasteiger partial charge < -0.3 is 4.90 Å². The molecule has 4 atom stereocenters. The van der Waals surface area contributed by atoms with E-state index in [1.54, 1.807) is 0 Å². The lowest BCUT2D eigenvalue weighted by Gasteiger charge is -2.36. The molecule has 1 aliphatic heterocycles. The van der Waals surface area contributed by atoms with Gasteiger partial charge in [-0.2, -0.15) is 0 Å². The van der Waals surface area contributed by atoms with Gasteiger partial charge in [-0.15, -0.1) is 0 Å². The summed E-state index contributed by atoms with van der Waals surface area (Å²) < 4.78 is 0. The molecule has 2 rings (SSSR count). The Labute approximate surface area is 132 Å². The third kappa shape index (κ3) is 3.48. The van der Waals surface area contributed by atoms with Crippen LogP contribution in [-0.2, 0) is 4.79 Å². The minimum absolute atomic E-state index is 0.361. The number of fused-ring (bicyclic) bond motifs is 1. The Kier molecular flexibility index (Phi) is 5.10. The summed E-state index contributed by atoms with van der Waals surface area (Å²) in [6, 6.07) is 0.870. The van der Waals surface area contributed by atoms with E-state index in [0.29, 0.717) is 29.2 Å². The molecule has 120 valence electrons. The molecule has 1 amide bonds. The van der Waals surface area contributed by atoms with Crippen molar-refractivity contribution in [2.75, 3.05) is 0 Å². The number of hydrogen-bond donors (Lipinski definition) is 0. The highest BCUT2D eigenvalue weighted by Gasteiger charge is 2.43. The molecule has 1 saturated carbocycles. The summed E-state index contributed by atoms with van der Waals surface area (Å²) in [6.45, 7) is 11.5. The topological polar surface area (TPSA) is 20.3 Å². The Morgan fingerprint density at radius 2 is 1.95 bits per heavy atom. The number of amides is 1. The summed E-state index contributed by atoms with van der Waals surface area (Å²) in [5.74, 6) is 2.49. The van der Waals surface area contributed by atoms with Gasteiger partial charge in [-0.05, 0) is 44.4 Å². The van der Waals surface area contributed by atoms with Gasteiger partial charge in [0.05, 0.1) is 0 Å². The second-order valence-electron chi connectivity index (χ2n) is 8.67. The molecule has 0 N–H and O–H groups in total. The molecule has 2 fully saturated rings. The van der Waals surface area contributed by atoms with Crippen LogP contribution in [0.4, 0.5) is 0 Å². The zero-order chi connectivity index (χ0) is 15.8. The van der Waals surface area contributed by atoms with Gasteiger partial charge in [-0.3, -0.25) is 4.79 Å². The molecule has 0 bridgehead atoms. The van der Waals surface area contributed by atoms with Crippen molar-refractivity contribution >= 4 is 13.8 Å². The lowest BCUT2D eigenvalue weighted by atomic mass is 9.55. The highest BCUT2D eigenvalue weighted by atomic mass is 16.2. The van der Waals surface area contributed by atoms with Gasteiger partial charge in [0.1, 0.15) is 7.85 Å². The van der Waals surface area contributed by atoms with Crippen molar-refractivity contribution in [3.05, 3.63) is 0 Å². The van der Waals surface area contributed by atoms with E-state index < -0.39 is 0 Å². The van der Waals surface area contributed by atoms with Gasteiger partial charge in [-0.1, -0.05) is 45.3 Å². The van der Waals surface area contributed by atoms with E-state index in [1.807, 2.05) is 0 Å². The van der Waals surface area contributed by atoms with Crippen molar-refractivity contribution in [3.63, 3.8) is 0 Å². The van der Waals surface area contributed by atoms with E-state index in [-0.39, 0.29) is 0 Å². The quantitative estimate of drug-likeness (QED) is 0.711.